The van der Waals surface area contributed by atoms with Crippen molar-refractivity contribution in [1.82, 2.24) is 0 Å². The predicted molar refractivity (Wildman–Crippen MR) is 120 cm³/mol. The fourth-order valence-electron chi connectivity index (χ4n) is 3.72. The second-order valence-electron chi connectivity index (χ2n) is 11.6. The van der Waals surface area contributed by atoms with Gasteiger partial charge in [0.05, 0.1) is 28.1 Å². The average Bonchev–Trinajstić information content (AvgIpc) is 2.86. The predicted octanol–water partition coefficient (Wildman–Crippen LogP) is 5.33. The van der Waals surface area contributed by atoms with Gasteiger partial charge in [-0.3, -0.25) is 0 Å². The van der Waals surface area contributed by atoms with E-state index in [-0.39, 0.29) is 11.1 Å². The molecule has 2 saturated heterocycles. The Labute approximate surface area is 178 Å². The Hall–Kier alpha value is -0.810. The molecular weight excluding hydrogens is 362 g/mol. The van der Waals surface area contributed by atoms with E-state index in [2.05, 4.69) is 100 Å². The molecule has 2 aliphatic heterocycles. The summed E-state index contributed by atoms with van der Waals surface area (Å²) < 4.78 is 25.8. The highest BCUT2D eigenvalue weighted by molar-refractivity contribution is 6.68. The maximum absolute atomic E-state index is 6.44. The van der Waals surface area contributed by atoms with Crippen molar-refractivity contribution in [3.63, 3.8) is 0 Å². The lowest BCUT2D eigenvalue weighted by atomic mass is 9.49. The molecule has 2 heterocycles. The molecule has 3 rings (SSSR count). The summed E-state index contributed by atoms with van der Waals surface area (Å²) in [5, 5.41) is 0. The molecule has 0 aliphatic carbocycles. The second-order valence-corrected chi connectivity index (χ2v) is 11.6. The molecule has 0 aromatic heterocycles. The normalized spacial score (nSPS) is 25.1. The summed E-state index contributed by atoms with van der Waals surface area (Å²) in [6.45, 7) is 23.3. The fraction of sp³-hybridized carbons (Fsp3) is 0.739. The number of hydrogen-bond acceptors (Lipinski definition) is 4. The van der Waals surface area contributed by atoms with Crippen molar-refractivity contribution in [2.45, 2.75) is 110 Å². The van der Waals surface area contributed by atoms with Crippen LogP contribution >= 0.6 is 0 Å². The number of rotatable bonds is 3. The molecule has 4 nitrogen and oxygen atoms in total. The van der Waals surface area contributed by atoms with Gasteiger partial charge in [-0.25, -0.2) is 0 Å². The van der Waals surface area contributed by atoms with Crippen LogP contribution in [0.15, 0.2) is 24.3 Å². The van der Waals surface area contributed by atoms with E-state index in [0.717, 1.165) is 5.56 Å². The van der Waals surface area contributed by atoms with Crippen LogP contribution in [-0.2, 0) is 24.0 Å². The number of hydrogen-bond donors (Lipinski definition) is 0. The summed E-state index contributed by atoms with van der Waals surface area (Å²) in [7, 11) is -0.898. The molecule has 1 aromatic rings. The van der Waals surface area contributed by atoms with Gasteiger partial charge in [0, 0.05) is 0 Å². The summed E-state index contributed by atoms with van der Waals surface area (Å²) in [5.74, 6) is 0. The minimum absolute atomic E-state index is 0.0999. The molecule has 0 amide bonds. The zero-order valence-electron chi connectivity index (χ0n) is 20.2. The van der Waals surface area contributed by atoms with Crippen LogP contribution in [0.1, 0.15) is 93.0 Å². The van der Waals surface area contributed by atoms with Gasteiger partial charge in [0.2, 0.25) is 0 Å². The van der Waals surface area contributed by atoms with E-state index in [1.54, 1.807) is 0 Å². The molecule has 0 atom stereocenters. The first-order chi connectivity index (χ1) is 13.0. The van der Waals surface area contributed by atoms with Gasteiger partial charge in [-0.1, -0.05) is 45.0 Å². The monoisotopic (exact) mass is 400 g/mol. The molecule has 0 unspecified atom stereocenters. The van der Waals surface area contributed by atoms with Crippen molar-refractivity contribution in [2.75, 3.05) is 0 Å². The minimum Gasteiger partial charge on any atom is -0.403 e. The molecule has 0 bridgehead atoms. The Balaban J connectivity index is 2.00. The van der Waals surface area contributed by atoms with Crippen molar-refractivity contribution in [2.24, 2.45) is 0 Å². The molecule has 0 N–H and O–H groups in total. The van der Waals surface area contributed by atoms with Gasteiger partial charge in [0.1, 0.15) is 0 Å². The summed E-state index contributed by atoms with van der Waals surface area (Å²) in [4.78, 5) is 0. The second kappa shape index (κ2) is 6.85. The minimum atomic E-state index is -0.449. The third-order valence-electron chi connectivity index (χ3n) is 7.29. The highest BCUT2D eigenvalue weighted by Crippen LogP contribution is 2.46. The summed E-state index contributed by atoms with van der Waals surface area (Å²) in [5.41, 5.74) is 0.665. The highest BCUT2D eigenvalue weighted by atomic mass is 16.7. The third kappa shape index (κ3) is 4.06. The van der Waals surface area contributed by atoms with Gasteiger partial charge >= 0.3 is 14.2 Å². The maximum atomic E-state index is 6.44. The van der Waals surface area contributed by atoms with Crippen molar-refractivity contribution < 1.29 is 18.6 Å². The summed E-state index contributed by atoms with van der Waals surface area (Å²) >= 11 is 0. The Morgan fingerprint density at radius 1 is 0.621 bits per heavy atom. The van der Waals surface area contributed by atoms with E-state index < -0.39 is 36.6 Å². The first-order valence-corrected chi connectivity index (χ1v) is 10.8. The van der Waals surface area contributed by atoms with E-state index in [9.17, 15) is 0 Å². The largest absolute Gasteiger partial charge is 0.463 e. The molecule has 1 aromatic carbocycles. The Morgan fingerprint density at radius 3 is 1.21 bits per heavy atom. The van der Waals surface area contributed by atoms with Crippen LogP contribution in [0, 0.1) is 0 Å². The van der Waals surface area contributed by atoms with Crippen LogP contribution in [0.2, 0.25) is 0 Å². The Bertz CT molecular complexity index is 679. The summed E-state index contributed by atoms with van der Waals surface area (Å²) in [6.07, 6.45) is 0. The van der Waals surface area contributed by atoms with Gasteiger partial charge in [-0.2, -0.15) is 0 Å². The van der Waals surface area contributed by atoms with Gasteiger partial charge in [0.25, 0.3) is 0 Å². The molecule has 0 saturated carbocycles. The van der Waals surface area contributed by atoms with Crippen molar-refractivity contribution in [1.29, 1.82) is 0 Å². The molecule has 2 aliphatic rings. The van der Waals surface area contributed by atoms with E-state index in [0.29, 0.717) is 0 Å². The van der Waals surface area contributed by atoms with E-state index >= 15 is 0 Å². The van der Waals surface area contributed by atoms with Crippen LogP contribution in [0.25, 0.3) is 0 Å². The molecule has 2 fully saturated rings. The Kier molecular flexibility index (Phi) is 5.40. The zero-order chi connectivity index (χ0) is 22.0. The van der Waals surface area contributed by atoms with Gasteiger partial charge in [0.15, 0.2) is 0 Å². The van der Waals surface area contributed by atoms with Crippen LogP contribution in [-0.4, -0.2) is 36.6 Å². The standard InChI is InChI=1S/C23H38B2O4/c1-19(2,3)17-14-12-16(13-15-17)18(24-26-20(4,5)21(6,7)27-24)25-28-22(8,9)23(10,11)29-25/h12-15,18H,1-11H3. The molecular formula is C23H38B2O4. The first kappa shape index (κ1) is 22.9. The van der Waals surface area contributed by atoms with Crippen LogP contribution in [0.4, 0.5) is 0 Å². The lowest BCUT2D eigenvalue weighted by molar-refractivity contribution is 0.00578. The molecule has 29 heavy (non-hydrogen) atoms. The molecule has 160 valence electrons. The molecule has 0 spiro atoms. The van der Waals surface area contributed by atoms with Gasteiger partial charge in [-0.15, -0.1) is 0 Å². The Morgan fingerprint density at radius 2 is 0.931 bits per heavy atom. The van der Waals surface area contributed by atoms with Gasteiger partial charge in [-0.05, 0) is 71.9 Å². The smallest absolute Gasteiger partial charge is 0.403 e. The van der Waals surface area contributed by atoms with Crippen LogP contribution in [0.3, 0.4) is 0 Å². The quantitative estimate of drug-likeness (QED) is 0.643. The zero-order valence-corrected chi connectivity index (χ0v) is 20.2. The van der Waals surface area contributed by atoms with E-state index in [1.165, 1.54) is 5.56 Å². The highest BCUT2D eigenvalue weighted by Gasteiger charge is 2.62. The third-order valence-corrected chi connectivity index (χ3v) is 7.29. The van der Waals surface area contributed by atoms with Gasteiger partial charge < -0.3 is 18.6 Å². The SMILES string of the molecule is CC(C)(C)c1ccc(C(B2OC(C)(C)C(C)(C)O2)B2OC(C)(C)C(C)(C)O2)cc1. The fourth-order valence-corrected chi connectivity index (χ4v) is 3.72. The summed E-state index contributed by atoms with van der Waals surface area (Å²) in [6, 6.07) is 8.72. The topological polar surface area (TPSA) is 36.9 Å². The molecule has 6 heteroatoms. The average molecular weight is 400 g/mol. The maximum Gasteiger partial charge on any atom is 0.463 e. The van der Waals surface area contributed by atoms with Crippen LogP contribution in [0.5, 0.6) is 0 Å². The van der Waals surface area contributed by atoms with E-state index in [4.69, 9.17) is 18.6 Å². The lowest BCUT2D eigenvalue weighted by Gasteiger charge is -2.32. The molecule has 0 radical (unpaired) electrons. The lowest BCUT2D eigenvalue weighted by Crippen LogP contribution is -2.41. The van der Waals surface area contributed by atoms with Crippen molar-refractivity contribution in [3.8, 4) is 0 Å². The van der Waals surface area contributed by atoms with Crippen molar-refractivity contribution in [3.05, 3.63) is 35.4 Å². The number of benzene rings is 1. The van der Waals surface area contributed by atoms with Crippen molar-refractivity contribution >= 4 is 14.2 Å². The van der Waals surface area contributed by atoms with Crippen LogP contribution < -0.4 is 0 Å². The van der Waals surface area contributed by atoms with E-state index in [1.807, 2.05) is 0 Å². The first-order valence-electron chi connectivity index (χ1n) is 10.8.